The number of carbonyl (C=O) groups is 2. The maximum atomic E-state index is 11.7. The maximum absolute atomic E-state index is 11.7. The van der Waals surface area contributed by atoms with E-state index in [9.17, 15) is 9.59 Å². The Morgan fingerprint density at radius 1 is 1.32 bits per heavy atom. The average Bonchev–Trinajstić information content (AvgIpc) is 2.90. The molecule has 0 spiro atoms. The zero-order chi connectivity index (χ0) is 13.7. The lowest BCUT2D eigenvalue weighted by Crippen LogP contribution is -2.23. The first kappa shape index (κ1) is 13.6. The second-order valence-corrected chi connectivity index (χ2v) is 5.01. The van der Waals surface area contributed by atoms with Gasteiger partial charge in [-0.3, -0.25) is 9.59 Å². The van der Waals surface area contributed by atoms with Gasteiger partial charge in [-0.15, -0.1) is 0 Å². The van der Waals surface area contributed by atoms with Crippen LogP contribution in [0.2, 0.25) is 0 Å². The Hall–Kier alpha value is -1.84. The van der Waals surface area contributed by atoms with Gasteiger partial charge in [-0.05, 0) is 37.5 Å². The minimum atomic E-state index is -0.294. The van der Waals surface area contributed by atoms with E-state index in [4.69, 9.17) is 4.74 Å². The smallest absolute Gasteiger partial charge is 0.309 e. The Balaban J connectivity index is 1.76. The first-order valence-electron chi connectivity index (χ1n) is 6.68. The van der Waals surface area contributed by atoms with Gasteiger partial charge in [0, 0.05) is 5.69 Å². The SMILES string of the molecule is Cc1cccc(NC(=O)COC(=O)C2CCCC2)c1. The summed E-state index contributed by atoms with van der Waals surface area (Å²) in [5.74, 6) is -0.541. The molecule has 0 bridgehead atoms. The summed E-state index contributed by atoms with van der Waals surface area (Å²) in [5, 5.41) is 2.71. The fourth-order valence-electron chi connectivity index (χ4n) is 2.34. The summed E-state index contributed by atoms with van der Waals surface area (Å²) >= 11 is 0. The van der Waals surface area contributed by atoms with Crippen molar-refractivity contribution in [2.45, 2.75) is 32.6 Å². The highest BCUT2D eigenvalue weighted by atomic mass is 16.5. The zero-order valence-electron chi connectivity index (χ0n) is 11.1. The van der Waals surface area contributed by atoms with Gasteiger partial charge in [-0.2, -0.15) is 0 Å². The minimum Gasteiger partial charge on any atom is -0.455 e. The number of rotatable bonds is 4. The van der Waals surface area contributed by atoms with Crippen LogP contribution in [0.15, 0.2) is 24.3 Å². The van der Waals surface area contributed by atoms with Gasteiger partial charge in [0.1, 0.15) is 0 Å². The molecule has 4 heteroatoms. The van der Waals surface area contributed by atoms with Crippen molar-refractivity contribution in [1.82, 2.24) is 0 Å². The molecule has 2 rings (SSSR count). The fourth-order valence-corrected chi connectivity index (χ4v) is 2.34. The number of esters is 1. The van der Waals surface area contributed by atoms with Gasteiger partial charge in [0.25, 0.3) is 5.91 Å². The summed E-state index contributed by atoms with van der Waals surface area (Å²) in [6, 6.07) is 7.51. The molecule has 1 aromatic carbocycles. The standard InChI is InChI=1S/C15H19NO3/c1-11-5-4-8-13(9-11)16-14(17)10-19-15(18)12-6-2-3-7-12/h4-5,8-9,12H,2-3,6-7,10H2,1H3,(H,16,17). The Bertz CT molecular complexity index is 464. The van der Waals surface area contributed by atoms with E-state index in [1.807, 2.05) is 31.2 Å². The van der Waals surface area contributed by atoms with Gasteiger partial charge < -0.3 is 10.1 Å². The van der Waals surface area contributed by atoms with Crippen LogP contribution in [0.5, 0.6) is 0 Å². The van der Waals surface area contributed by atoms with Crippen molar-refractivity contribution in [3.8, 4) is 0 Å². The van der Waals surface area contributed by atoms with Crippen LogP contribution in [0.3, 0.4) is 0 Å². The number of amides is 1. The Morgan fingerprint density at radius 2 is 2.05 bits per heavy atom. The van der Waals surface area contributed by atoms with Crippen LogP contribution in [0.4, 0.5) is 5.69 Å². The fraction of sp³-hybridized carbons (Fsp3) is 0.467. The molecular formula is C15H19NO3. The number of hydrogen-bond acceptors (Lipinski definition) is 3. The maximum Gasteiger partial charge on any atom is 0.309 e. The van der Waals surface area contributed by atoms with Crippen LogP contribution in [-0.4, -0.2) is 18.5 Å². The van der Waals surface area contributed by atoms with Gasteiger partial charge in [0.2, 0.25) is 0 Å². The monoisotopic (exact) mass is 261 g/mol. The number of ether oxygens (including phenoxy) is 1. The number of anilines is 1. The molecule has 102 valence electrons. The van der Waals surface area contributed by atoms with Gasteiger partial charge in [0.15, 0.2) is 6.61 Å². The number of nitrogens with one attached hydrogen (secondary N) is 1. The zero-order valence-corrected chi connectivity index (χ0v) is 11.1. The third-order valence-corrected chi connectivity index (χ3v) is 3.34. The summed E-state index contributed by atoms with van der Waals surface area (Å²) in [5.41, 5.74) is 1.79. The number of benzene rings is 1. The lowest BCUT2D eigenvalue weighted by atomic mass is 10.1. The molecule has 1 aliphatic carbocycles. The lowest BCUT2D eigenvalue weighted by molar-refractivity contribution is -0.151. The highest BCUT2D eigenvalue weighted by Gasteiger charge is 2.24. The predicted molar refractivity (Wildman–Crippen MR) is 72.7 cm³/mol. The van der Waals surface area contributed by atoms with Crippen molar-refractivity contribution in [3.63, 3.8) is 0 Å². The average molecular weight is 261 g/mol. The summed E-state index contributed by atoms with van der Waals surface area (Å²) in [7, 11) is 0. The summed E-state index contributed by atoms with van der Waals surface area (Å²) in [6.07, 6.45) is 3.93. The van der Waals surface area contributed by atoms with Crippen LogP contribution < -0.4 is 5.32 Å². The van der Waals surface area contributed by atoms with Crippen molar-refractivity contribution in [1.29, 1.82) is 0 Å². The molecule has 0 saturated heterocycles. The topological polar surface area (TPSA) is 55.4 Å². The molecule has 1 saturated carbocycles. The van der Waals surface area contributed by atoms with E-state index in [1.54, 1.807) is 0 Å². The quantitative estimate of drug-likeness (QED) is 0.848. The lowest BCUT2D eigenvalue weighted by Gasteiger charge is -2.10. The molecule has 19 heavy (non-hydrogen) atoms. The van der Waals surface area contributed by atoms with Crippen molar-refractivity contribution >= 4 is 17.6 Å². The van der Waals surface area contributed by atoms with E-state index in [0.29, 0.717) is 0 Å². The molecule has 0 aliphatic heterocycles. The normalized spacial score (nSPS) is 15.2. The second-order valence-electron chi connectivity index (χ2n) is 5.01. The number of aryl methyl sites for hydroxylation is 1. The predicted octanol–water partition coefficient (Wildman–Crippen LogP) is 2.67. The Morgan fingerprint density at radius 3 is 2.74 bits per heavy atom. The molecule has 1 amide bonds. The van der Waals surface area contributed by atoms with Crippen LogP contribution in [-0.2, 0) is 14.3 Å². The molecule has 0 radical (unpaired) electrons. The largest absolute Gasteiger partial charge is 0.455 e. The molecule has 1 fully saturated rings. The Labute approximate surface area is 113 Å². The van der Waals surface area contributed by atoms with Crippen LogP contribution in [0, 0.1) is 12.8 Å². The number of hydrogen-bond donors (Lipinski definition) is 1. The van der Waals surface area contributed by atoms with E-state index >= 15 is 0 Å². The molecule has 0 aromatic heterocycles. The molecule has 1 aliphatic rings. The third kappa shape index (κ3) is 4.09. The van der Waals surface area contributed by atoms with Gasteiger partial charge in [0.05, 0.1) is 5.92 Å². The van der Waals surface area contributed by atoms with Crippen molar-refractivity contribution in [2.75, 3.05) is 11.9 Å². The van der Waals surface area contributed by atoms with E-state index in [1.165, 1.54) is 0 Å². The van der Waals surface area contributed by atoms with Crippen LogP contribution >= 0.6 is 0 Å². The van der Waals surface area contributed by atoms with E-state index in [-0.39, 0.29) is 24.4 Å². The van der Waals surface area contributed by atoms with E-state index in [0.717, 1.165) is 36.9 Å². The summed E-state index contributed by atoms with van der Waals surface area (Å²) in [6.45, 7) is 1.75. The highest BCUT2D eigenvalue weighted by Crippen LogP contribution is 2.25. The molecule has 0 heterocycles. The molecule has 4 nitrogen and oxygen atoms in total. The third-order valence-electron chi connectivity index (χ3n) is 3.34. The van der Waals surface area contributed by atoms with Crippen molar-refractivity contribution in [2.24, 2.45) is 5.92 Å². The first-order chi connectivity index (χ1) is 9.15. The highest BCUT2D eigenvalue weighted by molar-refractivity contribution is 5.92. The summed E-state index contributed by atoms with van der Waals surface area (Å²) in [4.78, 5) is 23.3. The second kappa shape index (κ2) is 6.36. The van der Waals surface area contributed by atoms with Gasteiger partial charge in [-0.25, -0.2) is 0 Å². The molecule has 1 aromatic rings. The van der Waals surface area contributed by atoms with E-state index < -0.39 is 0 Å². The molecular weight excluding hydrogens is 242 g/mol. The van der Waals surface area contributed by atoms with Gasteiger partial charge in [-0.1, -0.05) is 25.0 Å². The molecule has 0 atom stereocenters. The minimum absolute atomic E-state index is 0.00762. The van der Waals surface area contributed by atoms with Gasteiger partial charge >= 0.3 is 5.97 Å². The van der Waals surface area contributed by atoms with Crippen LogP contribution in [0.25, 0.3) is 0 Å². The molecule has 1 N–H and O–H groups in total. The Kier molecular flexibility index (Phi) is 4.55. The first-order valence-corrected chi connectivity index (χ1v) is 6.68. The van der Waals surface area contributed by atoms with Crippen molar-refractivity contribution < 1.29 is 14.3 Å². The molecule has 0 unspecified atom stereocenters. The van der Waals surface area contributed by atoms with Crippen molar-refractivity contribution in [3.05, 3.63) is 29.8 Å². The van der Waals surface area contributed by atoms with E-state index in [2.05, 4.69) is 5.32 Å². The number of carbonyl (C=O) groups excluding carboxylic acids is 2. The summed E-state index contributed by atoms with van der Waals surface area (Å²) < 4.78 is 5.04. The van der Waals surface area contributed by atoms with Crippen LogP contribution in [0.1, 0.15) is 31.2 Å².